The predicted octanol–water partition coefficient (Wildman–Crippen LogP) is 1.36. The molecule has 86 valence electrons. The van der Waals surface area contributed by atoms with Crippen molar-refractivity contribution in [3.63, 3.8) is 0 Å². The molecule has 1 amide bonds. The molecule has 0 aromatic heterocycles. The second-order valence-electron chi connectivity index (χ2n) is 3.19. The van der Waals surface area contributed by atoms with Crippen LogP contribution in [0.25, 0.3) is 0 Å². The molecule has 0 aliphatic heterocycles. The third-order valence-corrected chi connectivity index (χ3v) is 2.06. The van der Waals surface area contributed by atoms with Crippen LogP contribution in [0.1, 0.15) is 27.2 Å². The Kier molecular flexibility index (Phi) is 6.42. The van der Waals surface area contributed by atoms with Gasteiger partial charge in [0.25, 0.3) is 0 Å². The molecule has 0 N–H and O–H groups in total. The number of methoxy groups -OCH3 is 1. The molecule has 0 saturated heterocycles. The number of ether oxygens (including phenoxy) is 1. The van der Waals surface area contributed by atoms with Crippen LogP contribution in [0, 0.1) is 0 Å². The predicted molar refractivity (Wildman–Crippen MR) is 58.3 cm³/mol. The van der Waals surface area contributed by atoms with Crippen molar-refractivity contribution >= 4 is 11.9 Å². The number of rotatable bonds is 5. The molecule has 0 bridgehead atoms. The van der Waals surface area contributed by atoms with E-state index in [1.54, 1.807) is 6.92 Å². The van der Waals surface area contributed by atoms with Gasteiger partial charge in [-0.25, -0.2) is 0 Å². The van der Waals surface area contributed by atoms with Gasteiger partial charge in [0.15, 0.2) is 0 Å². The smallest absolute Gasteiger partial charge is 0.325 e. The summed E-state index contributed by atoms with van der Waals surface area (Å²) in [6.07, 6.45) is 2.66. The lowest BCUT2D eigenvalue weighted by atomic mass is 10.2. The fourth-order valence-electron chi connectivity index (χ4n) is 1.19. The molecule has 0 aliphatic carbocycles. The summed E-state index contributed by atoms with van der Waals surface area (Å²) < 4.78 is 4.52. The van der Waals surface area contributed by atoms with Crippen LogP contribution in [0.15, 0.2) is 11.6 Å². The van der Waals surface area contributed by atoms with E-state index in [2.05, 4.69) is 4.74 Å². The molecule has 4 heteroatoms. The molecule has 0 unspecified atom stereocenters. The highest BCUT2D eigenvalue weighted by Crippen LogP contribution is 2.02. The quantitative estimate of drug-likeness (QED) is 0.512. The Morgan fingerprint density at radius 2 is 1.93 bits per heavy atom. The fourth-order valence-corrected chi connectivity index (χ4v) is 1.19. The first-order valence-corrected chi connectivity index (χ1v) is 5.09. The number of hydrogen-bond acceptors (Lipinski definition) is 3. The van der Waals surface area contributed by atoms with Crippen LogP contribution in [-0.4, -0.2) is 37.0 Å². The number of allylic oxidation sites excluding steroid dienone is 1. The highest BCUT2D eigenvalue weighted by atomic mass is 16.5. The summed E-state index contributed by atoms with van der Waals surface area (Å²) in [5.41, 5.74) is 0.670. The Labute approximate surface area is 90.9 Å². The van der Waals surface area contributed by atoms with Gasteiger partial charge in [-0.05, 0) is 20.3 Å². The molecule has 0 atom stereocenters. The number of carbonyl (C=O) groups excluding carboxylic acids is 2. The van der Waals surface area contributed by atoms with Crippen molar-refractivity contribution in [3.8, 4) is 0 Å². The molecule has 0 radical (unpaired) electrons. The molecular weight excluding hydrogens is 194 g/mol. The average molecular weight is 213 g/mol. The first-order chi connectivity index (χ1) is 7.06. The fraction of sp³-hybridized carbons (Fsp3) is 0.636. The van der Waals surface area contributed by atoms with Crippen LogP contribution >= 0.6 is 0 Å². The standard InChI is InChI=1S/C11H19NO3/c1-5-7-9(3)11(14)12(6-2)8-10(13)15-4/h7H,5-6,8H2,1-4H3. The maximum atomic E-state index is 11.8. The van der Waals surface area contributed by atoms with E-state index in [0.717, 1.165) is 6.42 Å². The lowest BCUT2D eigenvalue weighted by Crippen LogP contribution is -2.36. The summed E-state index contributed by atoms with van der Waals surface area (Å²) in [5, 5.41) is 0. The molecule has 0 aromatic carbocycles. The number of amides is 1. The van der Waals surface area contributed by atoms with E-state index in [9.17, 15) is 9.59 Å². The zero-order valence-corrected chi connectivity index (χ0v) is 9.87. The van der Waals surface area contributed by atoms with Crippen LogP contribution in [0.2, 0.25) is 0 Å². The Bertz CT molecular complexity index is 259. The van der Waals surface area contributed by atoms with Gasteiger partial charge < -0.3 is 9.64 Å². The third-order valence-electron chi connectivity index (χ3n) is 2.06. The number of hydrogen-bond donors (Lipinski definition) is 0. The molecule has 15 heavy (non-hydrogen) atoms. The van der Waals surface area contributed by atoms with Crippen molar-refractivity contribution in [1.29, 1.82) is 0 Å². The van der Waals surface area contributed by atoms with Gasteiger partial charge in [0.2, 0.25) is 5.91 Å². The summed E-state index contributed by atoms with van der Waals surface area (Å²) >= 11 is 0. The number of carbonyl (C=O) groups is 2. The van der Waals surface area contributed by atoms with Gasteiger partial charge >= 0.3 is 5.97 Å². The Morgan fingerprint density at radius 3 is 2.33 bits per heavy atom. The summed E-state index contributed by atoms with van der Waals surface area (Å²) in [6.45, 7) is 6.07. The highest BCUT2D eigenvalue weighted by molar-refractivity contribution is 5.94. The Morgan fingerprint density at radius 1 is 1.33 bits per heavy atom. The van der Waals surface area contributed by atoms with Gasteiger partial charge in [0.05, 0.1) is 7.11 Å². The van der Waals surface area contributed by atoms with Gasteiger partial charge in [-0.1, -0.05) is 13.0 Å². The van der Waals surface area contributed by atoms with Crippen LogP contribution in [-0.2, 0) is 14.3 Å². The first-order valence-electron chi connectivity index (χ1n) is 5.09. The molecule has 0 aliphatic rings. The number of nitrogens with zero attached hydrogens (tertiary/aromatic N) is 1. The first kappa shape index (κ1) is 13.7. The zero-order chi connectivity index (χ0) is 11.8. The highest BCUT2D eigenvalue weighted by Gasteiger charge is 2.16. The van der Waals surface area contributed by atoms with E-state index in [1.165, 1.54) is 12.0 Å². The Hall–Kier alpha value is -1.32. The van der Waals surface area contributed by atoms with Crippen molar-refractivity contribution in [3.05, 3.63) is 11.6 Å². The number of likely N-dealkylation sites (N-methyl/N-ethyl adjacent to an activating group) is 1. The summed E-state index contributed by atoms with van der Waals surface area (Å²) in [7, 11) is 1.31. The monoisotopic (exact) mass is 213 g/mol. The molecule has 0 fully saturated rings. The molecule has 0 spiro atoms. The van der Waals surface area contributed by atoms with Crippen molar-refractivity contribution in [2.24, 2.45) is 0 Å². The van der Waals surface area contributed by atoms with Crippen molar-refractivity contribution in [2.45, 2.75) is 27.2 Å². The largest absolute Gasteiger partial charge is 0.468 e. The zero-order valence-electron chi connectivity index (χ0n) is 9.87. The van der Waals surface area contributed by atoms with Gasteiger partial charge in [-0.15, -0.1) is 0 Å². The van der Waals surface area contributed by atoms with E-state index in [1.807, 2.05) is 19.9 Å². The minimum atomic E-state index is -0.394. The van der Waals surface area contributed by atoms with E-state index >= 15 is 0 Å². The van der Waals surface area contributed by atoms with E-state index < -0.39 is 5.97 Å². The van der Waals surface area contributed by atoms with Gasteiger partial charge in [0, 0.05) is 12.1 Å². The van der Waals surface area contributed by atoms with Gasteiger partial charge in [0.1, 0.15) is 6.54 Å². The molecule has 4 nitrogen and oxygen atoms in total. The minimum absolute atomic E-state index is 0.0146. The second kappa shape index (κ2) is 7.04. The molecule has 0 aromatic rings. The van der Waals surface area contributed by atoms with Gasteiger partial charge in [-0.3, -0.25) is 9.59 Å². The van der Waals surface area contributed by atoms with Crippen LogP contribution in [0.3, 0.4) is 0 Å². The molecule has 0 rings (SSSR count). The van der Waals surface area contributed by atoms with E-state index in [-0.39, 0.29) is 12.5 Å². The number of esters is 1. The van der Waals surface area contributed by atoms with E-state index in [0.29, 0.717) is 12.1 Å². The summed E-state index contributed by atoms with van der Waals surface area (Å²) in [6, 6.07) is 0. The van der Waals surface area contributed by atoms with E-state index in [4.69, 9.17) is 0 Å². The Balaban J connectivity index is 4.47. The lowest BCUT2D eigenvalue weighted by molar-refractivity contribution is -0.145. The molecule has 0 saturated carbocycles. The normalized spacial score (nSPS) is 11.1. The van der Waals surface area contributed by atoms with Crippen LogP contribution < -0.4 is 0 Å². The van der Waals surface area contributed by atoms with Crippen LogP contribution in [0.5, 0.6) is 0 Å². The summed E-state index contributed by atoms with van der Waals surface area (Å²) in [4.78, 5) is 24.3. The lowest BCUT2D eigenvalue weighted by Gasteiger charge is -2.19. The molecule has 0 heterocycles. The average Bonchev–Trinajstić information content (AvgIpc) is 2.24. The van der Waals surface area contributed by atoms with Gasteiger partial charge in [-0.2, -0.15) is 0 Å². The molecular formula is C11H19NO3. The van der Waals surface area contributed by atoms with Crippen molar-refractivity contribution in [1.82, 2.24) is 4.90 Å². The SMILES string of the molecule is CCC=C(C)C(=O)N(CC)CC(=O)OC. The van der Waals surface area contributed by atoms with Crippen molar-refractivity contribution < 1.29 is 14.3 Å². The van der Waals surface area contributed by atoms with Crippen LogP contribution in [0.4, 0.5) is 0 Å². The maximum Gasteiger partial charge on any atom is 0.325 e. The third kappa shape index (κ3) is 4.63. The minimum Gasteiger partial charge on any atom is -0.468 e. The van der Waals surface area contributed by atoms with Crippen molar-refractivity contribution in [2.75, 3.05) is 20.2 Å². The maximum absolute atomic E-state index is 11.8. The second-order valence-corrected chi connectivity index (χ2v) is 3.19. The topological polar surface area (TPSA) is 46.6 Å². The summed E-state index contributed by atoms with van der Waals surface area (Å²) in [5.74, 6) is -0.501.